The molecule has 0 aromatic carbocycles. The molecule has 1 aliphatic rings. The van der Waals surface area contributed by atoms with E-state index in [2.05, 4.69) is 19.2 Å². The van der Waals surface area contributed by atoms with E-state index in [0.29, 0.717) is 0 Å². The van der Waals surface area contributed by atoms with Gasteiger partial charge < -0.3 is 5.32 Å². The lowest BCUT2D eigenvalue weighted by Crippen LogP contribution is -2.30. The number of hydrogen-bond acceptors (Lipinski definition) is 1. The Morgan fingerprint density at radius 3 is 2.91 bits per heavy atom. The fraction of sp³-hybridized carbons (Fsp3) is 1.00. The topological polar surface area (TPSA) is 12.0 Å². The standard InChI is InChI=1S/C10H21N/c1-3-9(2)7-10-5-4-6-11-8-10/h9-11H,3-8H2,1-2H3/t9-,10-/m1/s1. The molecule has 1 heterocycles. The van der Waals surface area contributed by atoms with Gasteiger partial charge in [0, 0.05) is 0 Å². The highest BCUT2D eigenvalue weighted by Crippen LogP contribution is 2.20. The van der Waals surface area contributed by atoms with Crippen LogP contribution >= 0.6 is 0 Å². The predicted molar refractivity (Wildman–Crippen MR) is 49.7 cm³/mol. The highest BCUT2D eigenvalue weighted by Gasteiger charge is 2.14. The zero-order chi connectivity index (χ0) is 8.10. The van der Waals surface area contributed by atoms with Gasteiger partial charge in [0.05, 0.1) is 0 Å². The van der Waals surface area contributed by atoms with Gasteiger partial charge in [-0.25, -0.2) is 0 Å². The molecule has 66 valence electrons. The fourth-order valence-corrected chi connectivity index (χ4v) is 1.86. The molecule has 1 N–H and O–H groups in total. The van der Waals surface area contributed by atoms with Gasteiger partial charge in [-0.3, -0.25) is 0 Å². The van der Waals surface area contributed by atoms with Crippen molar-refractivity contribution in [2.75, 3.05) is 13.1 Å². The summed E-state index contributed by atoms with van der Waals surface area (Å²) in [6.07, 6.45) is 5.62. The van der Waals surface area contributed by atoms with Crippen LogP contribution < -0.4 is 5.32 Å². The maximum atomic E-state index is 3.46. The molecular formula is C10H21N. The van der Waals surface area contributed by atoms with Crippen molar-refractivity contribution in [1.82, 2.24) is 5.32 Å². The quantitative estimate of drug-likeness (QED) is 0.660. The molecular weight excluding hydrogens is 134 g/mol. The third-order valence-corrected chi connectivity index (χ3v) is 2.83. The SMILES string of the molecule is CC[C@@H](C)C[C@H]1CCCNC1. The van der Waals surface area contributed by atoms with Crippen LogP contribution in [0, 0.1) is 11.8 Å². The summed E-state index contributed by atoms with van der Waals surface area (Å²) in [4.78, 5) is 0. The van der Waals surface area contributed by atoms with Gasteiger partial charge in [0.1, 0.15) is 0 Å². The van der Waals surface area contributed by atoms with E-state index in [0.717, 1.165) is 11.8 Å². The maximum Gasteiger partial charge on any atom is -0.00204 e. The van der Waals surface area contributed by atoms with Crippen molar-refractivity contribution in [3.8, 4) is 0 Å². The minimum Gasteiger partial charge on any atom is -0.316 e. The summed E-state index contributed by atoms with van der Waals surface area (Å²) in [5.74, 6) is 1.90. The van der Waals surface area contributed by atoms with Crippen molar-refractivity contribution in [3.05, 3.63) is 0 Å². The summed E-state index contributed by atoms with van der Waals surface area (Å²) in [6, 6.07) is 0. The first-order chi connectivity index (χ1) is 5.33. The van der Waals surface area contributed by atoms with Crippen LogP contribution in [0.1, 0.15) is 39.5 Å². The Bertz CT molecular complexity index is 95.0. The van der Waals surface area contributed by atoms with Gasteiger partial charge in [0.2, 0.25) is 0 Å². The summed E-state index contributed by atoms with van der Waals surface area (Å²) >= 11 is 0. The van der Waals surface area contributed by atoms with Gasteiger partial charge in [0.25, 0.3) is 0 Å². The van der Waals surface area contributed by atoms with E-state index >= 15 is 0 Å². The lowest BCUT2D eigenvalue weighted by atomic mass is 9.89. The van der Waals surface area contributed by atoms with E-state index in [1.165, 1.54) is 38.8 Å². The molecule has 0 aliphatic carbocycles. The summed E-state index contributed by atoms with van der Waals surface area (Å²) in [5.41, 5.74) is 0. The molecule has 0 aromatic heterocycles. The Labute approximate surface area is 70.6 Å². The van der Waals surface area contributed by atoms with Gasteiger partial charge in [0.15, 0.2) is 0 Å². The second-order valence-electron chi connectivity index (χ2n) is 3.96. The van der Waals surface area contributed by atoms with Crippen molar-refractivity contribution >= 4 is 0 Å². The molecule has 2 atom stereocenters. The van der Waals surface area contributed by atoms with Gasteiger partial charge in [-0.1, -0.05) is 20.3 Å². The number of piperidine rings is 1. The van der Waals surface area contributed by atoms with Crippen LogP contribution in [-0.2, 0) is 0 Å². The van der Waals surface area contributed by atoms with E-state index in [-0.39, 0.29) is 0 Å². The molecule has 1 saturated heterocycles. The molecule has 0 amide bonds. The average molecular weight is 155 g/mol. The largest absolute Gasteiger partial charge is 0.316 e. The molecule has 0 bridgehead atoms. The highest BCUT2D eigenvalue weighted by atomic mass is 14.9. The third-order valence-electron chi connectivity index (χ3n) is 2.83. The second-order valence-corrected chi connectivity index (χ2v) is 3.96. The van der Waals surface area contributed by atoms with Crippen molar-refractivity contribution in [2.24, 2.45) is 11.8 Å². The Balaban J connectivity index is 2.13. The zero-order valence-corrected chi connectivity index (χ0v) is 7.90. The van der Waals surface area contributed by atoms with Crippen LogP contribution in [0.4, 0.5) is 0 Å². The van der Waals surface area contributed by atoms with E-state index < -0.39 is 0 Å². The van der Waals surface area contributed by atoms with Gasteiger partial charge in [-0.2, -0.15) is 0 Å². The highest BCUT2D eigenvalue weighted by molar-refractivity contribution is 4.70. The molecule has 0 unspecified atom stereocenters. The van der Waals surface area contributed by atoms with E-state index in [4.69, 9.17) is 0 Å². The first-order valence-electron chi connectivity index (χ1n) is 5.03. The van der Waals surface area contributed by atoms with Crippen LogP contribution in [0.15, 0.2) is 0 Å². The molecule has 1 nitrogen and oxygen atoms in total. The Morgan fingerprint density at radius 2 is 2.36 bits per heavy atom. The number of hydrogen-bond donors (Lipinski definition) is 1. The van der Waals surface area contributed by atoms with Crippen molar-refractivity contribution in [2.45, 2.75) is 39.5 Å². The molecule has 1 heteroatoms. The Kier molecular flexibility index (Phi) is 3.92. The number of rotatable bonds is 3. The number of nitrogens with one attached hydrogen (secondary N) is 1. The van der Waals surface area contributed by atoms with Crippen LogP contribution in [0.25, 0.3) is 0 Å². The van der Waals surface area contributed by atoms with Gasteiger partial charge in [-0.05, 0) is 44.2 Å². The zero-order valence-electron chi connectivity index (χ0n) is 7.90. The van der Waals surface area contributed by atoms with Crippen LogP contribution in [0.3, 0.4) is 0 Å². The monoisotopic (exact) mass is 155 g/mol. The maximum absolute atomic E-state index is 3.46. The minimum atomic E-state index is 0.930. The lowest BCUT2D eigenvalue weighted by molar-refractivity contribution is 0.308. The van der Waals surface area contributed by atoms with Crippen LogP contribution in [-0.4, -0.2) is 13.1 Å². The Hall–Kier alpha value is -0.0400. The normalized spacial score (nSPS) is 28.4. The fourth-order valence-electron chi connectivity index (χ4n) is 1.86. The average Bonchev–Trinajstić information content (AvgIpc) is 2.06. The third kappa shape index (κ3) is 3.24. The summed E-state index contributed by atoms with van der Waals surface area (Å²) in [5, 5.41) is 3.46. The molecule has 0 aromatic rings. The Morgan fingerprint density at radius 1 is 1.55 bits per heavy atom. The van der Waals surface area contributed by atoms with E-state index in [1.807, 2.05) is 0 Å². The van der Waals surface area contributed by atoms with Gasteiger partial charge >= 0.3 is 0 Å². The summed E-state index contributed by atoms with van der Waals surface area (Å²) < 4.78 is 0. The molecule has 11 heavy (non-hydrogen) atoms. The summed E-state index contributed by atoms with van der Waals surface area (Å²) in [7, 11) is 0. The molecule has 1 rings (SSSR count). The van der Waals surface area contributed by atoms with E-state index in [1.54, 1.807) is 0 Å². The molecule has 0 radical (unpaired) electrons. The van der Waals surface area contributed by atoms with Gasteiger partial charge in [-0.15, -0.1) is 0 Å². The lowest BCUT2D eigenvalue weighted by Gasteiger charge is -2.24. The van der Waals surface area contributed by atoms with Crippen LogP contribution in [0.5, 0.6) is 0 Å². The van der Waals surface area contributed by atoms with Crippen molar-refractivity contribution < 1.29 is 0 Å². The molecule has 0 spiro atoms. The smallest absolute Gasteiger partial charge is 0.00204 e. The predicted octanol–water partition coefficient (Wildman–Crippen LogP) is 2.42. The second kappa shape index (κ2) is 4.76. The molecule has 1 aliphatic heterocycles. The summed E-state index contributed by atoms with van der Waals surface area (Å²) in [6.45, 7) is 7.18. The van der Waals surface area contributed by atoms with Crippen molar-refractivity contribution in [1.29, 1.82) is 0 Å². The molecule has 0 saturated carbocycles. The van der Waals surface area contributed by atoms with Crippen LogP contribution in [0.2, 0.25) is 0 Å². The van der Waals surface area contributed by atoms with E-state index in [9.17, 15) is 0 Å². The minimum absolute atomic E-state index is 0.930. The molecule has 1 fully saturated rings. The first-order valence-corrected chi connectivity index (χ1v) is 5.03. The first kappa shape index (κ1) is 9.05. The van der Waals surface area contributed by atoms with Crippen molar-refractivity contribution in [3.63, 3.8) is 0 Å².